The molecule has 5 heterocycles. The third-order valence-corrected chi connectivity index (χ3v) is 8.09. The topological polar surface area (TPSA) is 98.7 Å². The van der Waals surface area contributed by atoms with E-state index in [0.29, 0.717) is 28.0 Å². The van der Waals surface area contributed by atoms with Crippen molar-refractivity contribution < 1.29 is 19.0 Å². The quantitative estimate of drug-likeness (QED) is 0.368. The van der Waals surface area contributed by atoms with E-state index in [9.17, 15) is 4.79 Å². The molecule has 2 fully saturated rings. The van der Waals surface area contributed by atoms with E-state index in [1.165, 1.54) is 11.3 Å². The zero-order chi connectivity index (χ0) is 25.2. The third-order valence-electron chi connectivity index (χ3n) is 7.09. The number of pyridine rings is 2. The van der Waals surface area contributed by atoms with E-state index in [0.717, 1.165) is 61.4 Å². The summed E-state index contributed by atoms with van der Waals surface area (Å²) in [6.07, 6.45) is 8.17. The standard InChI is InChI=1S/C27H27N5O4S/c1-34-24-22-23(21(16-29-24)18-4-2-5-19(14-18)36-20-6-3-10-28-15-20)37-25(30-22)31-26(33)32-11-7-27(17-32)8-12-35-13-9-27/h2-6,10,14-16H,7-9,11-13,17H2,1H3,(H,30,31,33). The SMILES string of the molecule is COc1ncc(-c2cccc(Oc3cccnc3)c2)c2sc(NC(=O)N3CCC4(CCOCC4)C3)nc12. The van der Waals surface area contributed by atoms with Crippen molar-refractivity contribution >= 4 is 32.7 Å². The van der Waals surface area contributed by atoms with Crippen molar-refractivity contribution in [2.24, 2.45) is 5.41 Å². The summed E-state index contributed by atoms with van der Waals surface area (Å²) in [7, 11) is 1.57. The van der Waals surface area contributed by atoms with Crippen LogP contribution in [0.15, 0.2) is 55.0 Å². The number of amides is 2. The van der Waals surface area contributed by atoms with Gasteiger partial charge in [0.05, 0.1) is 18.0 Å². The molecule has 0 radical (unpaired) electrons. The van der Waals surface area contributed by atoms with Crippen LogP contribution in [0.5, 0.6) is 17.4 Å². The number of anilines is 1. The Hall–Kier alpha value is -3.76. The van der Waals surface area contributed by atoms with Gasteiger partial charge in [-0.1, -0.05) is 23.5 Å². The minimum atomic E-state index is -0.122. The lowest BCUT2D eigenvalue weighted by Gasteiger charge is -2.33. The summed E-state index contributed by atoms with van der Waals surface area (Å²) >= 11 is 1.41. The molecule has 0 atom stereocenters. The molecule has 2 saturated heterocycles. The molecule has 4 aromatic rings. The number of nitrogens with zero attached hydrogens (tertiary/aromatic N) is 4. The summed E-state index contributed by atoms with van der Waals surface area (Å²) in [5.41, 5.74) is 2.60. The molecule has 0 aliphatic carbocycles. The van der Waals surface area contributed by atoms with E-state index in [1.54, 1.807) is 25.7 Å². The minimum absolute atomic E-state index is 0.122. The Morgan fingerprint density at radius 1 is 1.14 bits per heavy atom. The van der Waals surface area contributed by atoms with E-state index < -0.39 is 0 Å². The van der Waals surface area contributed by atoms with Crippen LogP contribution in [0.3, 0.4) is 0 Å². The molecule has 0 bridgehead atoms. The van der Waals surface area contributed by atoms with Crippen molar-refractivity contribution in [3.63, 3.8) is 0 Å². The van der Waals surface area contributed by atoms with Crippen molar-refractivity contribution in [2.45, 2.75) is 19.3 Å². The van der Waals surface area contributed by atoms with Gasteiger partial charge in [0, 0.05) is 44.3 Å². The van der Waals surface area contributed by atoms with Crippen LogP contribution in [0, 0.1) is 5.41 Å². The number of likely N-dealkylation sites (tertiary alicyclic amines) is 1. The van der Waals surface area contributed by atoms with Crippen molar-refractivity contribution in [3.8, 4) is 28.5 Å². The van der Waals surface area contributed by atoms with Crippen LogP contribution in [0.25, 0.3) is 21.3 Å². The van der Waals surface area contributed by atoms with Gasteiger partial charge >= 0.3 is 6.03 Å². The van der Waals surface area contributed by atoms with Crippen molar-refractivity contribution in [1.82, 2.24) is 19.9 Å². The van der Waals surface area contributed by atoms with Gasteiger partial charge in [0.25, 0.3) is 0 Å². The molecule has 37 heavy (non-hydrogen) atoms. The molecule has 10 heteroatoms. The van der Waals surface area contributed by atoms with Gasteiger partial charge in [0.1, 0.15) is 17.0 Å². The predicted molar refractivity (Wildman–Crippen MR) is 141 cm³/mol. The highest BCUT2D eigenvalue weighted by atomic mass is 32.1. The fourth-order valence-corrected chi connectivity index (χ4v) is 6.04. The monoisotopic (exact) mass is 517 g/mol. The molecule has 2 aliphatic rings. The molecular weight excluding hydrogens is 490 g/mol. The number of carbonyl (C=O) groups is 1. The third kappa shape index (κ3) is 4.82. The Balaban J connectivity index is 1.26. The second-order valence-corrected chi connectivity index (χ2v) is 10.4. The van der Waals surface area contributed by atoms with Gasteiger partial charge in [0.2, 0.25) is 5.88 Å². The average molecular weight is 518 g/mol. The van der Waals surface area contributed by atoms with Crippen LogP contribution < -0.4 is 14.8 Å². The zero-order valence-corrected chi connectivity index (χ0v) is 21.3. The number of benzene rings is 1. The number of ether oxygens (including phenoxy) is 3. The lowest BCUT2D eigenvalue weighted by atomic mass is 9.80. The number of thiazole rings is 1. The van der Waals surface area contributed by atoms with Gasteiger partial charge < -0.3 is 19.1 Å². The number of hydrogen-bond acceptors (Lipinski definition) is 8. The lowest BCUT2D eigenvalue weighted by Crippen LogP contribution is -2.37. The summed E-state index contributed by atoms with van der Waals surface area (Å²) in [6, 6.07) is 11.3. The Labute approximate surface area is 218 Å². The van der Waals surface area contributed by atoms with Crippen molar-refractivity contribution in [3.05, 3.63) is 55.0 Å². The molecule has 190 valence electrons. The average Bonchev–Trinajstić information content (AvgIpc) is 3.54. The van der Waals surface area contributed by atoms with Gasteiger partial charge in [0.15, 0.2) is 5.13 Å². The van der Waals surface area contributed by atoms with Crippen molar-refractivity contribution in [1.29, 1.82) is 0 Å². The first-order valence-electron chi connectivity index (χ1n) is 12.3. The van der Waals surface area contributed by atoms with E-state index in [2.05, 4.69) is 20.3 Å². The zero-order valence-electron chi connectivity index (χ0n) is 20.5. The van der Waals surface area contributed by atoms with E-state index in [1.807, 2.05) is 41.3 Å². The molecule has 0 saturated carbocycles. The fourth-order valence-electron chi connectivity index (χ4n) is 5.06. The number of methoxy groups -OCH3 is 1. The molecule has 2 aliphatic heterocycles. The normalized spacial score (nSPS) is 16.7. The Kier molecular flexibility index (Phi) is 6.35. The highest BCUT2D eigenvalue weighted by Gasteiger charge is 2.41. The highest BCUT2D eigenvalue weighted by Crippen LogP contribution is 2.41. The van der Waals surface area contributed by atoms with Crippen LogP contribution in [-0.4, -0.2) is 59.3 Å². The van der Waals surface area contributed by atoms with Crippen molar-refractivity contribution in [2.75, 3.05) is 38.7 Å². The molecule has 3 aromatic heterocycles. The Bertz CT molecular complexity index is 1420. The number of aromatic nitrogens is 3. The van der Waals surface area contributed by atoms with Crippen LogP contribution >= 0.6 is 11.3 Å². The number of nitrogens with one attached hydrogen (secondary N) is 1. The largest absolute Gasteiger partial charge is 0.479 e. The van der Waals surface area contributed by atoms with Gasteiger partial charge in [-0.2, -0.15) is 0 Å². The first-order valence-corrected chi connectivity index (χ1v) is 13.1. The minimum Gasteiger partial charge on any atom is -0.479 e. The number of urea groups is 1. The summed E-state index contributed by atoms with van der Waals surface area (Å²) < 4.78 is 17.9. The summed E-state index contributed by atoms with van der Waals surface area (Å²) in [5.74, 6) is 1.76. The highest BCUT2D eigenvalue weighted by molar-refractivity contribution is 7.23. The lowest BCUT2D eigenvalue weighted by molar-refractivity contribution is 0.0211. The number of hydrogen-bond donors (Lipinski definition) is 1. The second kappa shape index (κ2) is 9.95. The summed E-state index contributed by atoms with van der Waals surface area (Å²) in [4.78, 5) is 28.3. The van der Waals surface area contributed by atoms with E-state index in [4.69, 9.17) is 14.2 Å². The summed E-state index contributed by atoms with van der Waals surface area (Å²) in [6.45, 7) is 3.05. The maximum absolute atomic E-state index is 13.1. The van der Waals surface area contributed by atoms with E-state index in [-0.39, 0.29) is 11.4 Å². The maximum Gasteiger partial charge on any atom is 0.323 e. The summed E-state index contributed by atoms with van der Waals surface area (Å²) in [5, 5.41) is 3.53. The second-order valence-electron chi connectivity index (χ2n) is 9.41. The molecule has 1 N–H and O–H groups in total. The molecule has 6 rings (SSSR count). The molecule has 1 aromatic carbocycles. The van der Waals surface area contributed by atoms with E-state index >= 15 is 0 Å². The molecule has 0 unspecified atom stereocenters. The first-order chi connectivity index (χ1) is 18.1. The Morgan fingerprint density at radius 3 is 2.81 bits per heavy atom. The number of carbonyl (C=O) groups excluding carboxylic acids is 1. The fraction of sp³-hybridized carbons (Fsp3) is 0.333. The van der Waals surface area contributed by atoms with Crippen LogP contribution in [0.1, 0.15) is 19.3 Å². The van der Waals surface area contributed by atoms with Crippen LogP contribution in [-0.2, 0) is 4.74 Å². The maximum atomic E-state index is 13.1. The predicted octanol–water partition coefficient (Wildman–Crippen LogP) is 5.59. The van der Waals surface area contributed by atoms with Gasteiger partial charge in [-0.25, -0.2) is 14.8 Å². The van der Waals surface area contributed by atoms with Crippen LogP contribution in [0.4, 0.5) is 9.93 Å². The van der Waals surface area contributed by atoms with Gasteiger partial charge in [-0.05, 0) is 54.5 Å². The molecule has 9 nitrogen and oxygen atoms in total. The number of fused-ring (bicyclic) bond motifs is 1. The Morgan fingerprint density at radius 2 is 2.00 bits per heavy atom. The smallest absolute Gasteiger partial charge is 0.323 e. The first kappa shape index (κ1) is 23.6. The molecular formula is C27H27N5O4S. The molecule has 1 spiro atoms. The van der Waals surface area contributed by atoms with Crippen LogP contribution in [0.2, 0.25) is 0 Å². The molecule has 2 amide bonds. The van der Waals surface area contributed by atoms with Gasteiger partial charge in [-0.3, -0.25) is 10.3 Å². The van der Waals surface area contributed by atoms with Gasteiger partial charge in [-0.15, -0.1) is 0 Å². The number of rotatable bonds is 5.